The number of hydrogen-bond donors (Lipinski definition) is 2. The number of nitrogens with one attached hydrogen (secondary N) is 1. The van der Waals surface area contributed by atoms with Crippen molar-refractivity contribution in [2.24, 2.45) is 0 Å². The van der Waals surface area contributed by atoms with Crippen LogP contribution in [0.1, 0.15) is 5.69 Å². The number of aromatic nitrogens is 1. The van der Waals surface area contributed by atoms with E-state index in [0.29, 0.717) is 6.61 Å². The first-order valence-corrected chi connectivity index (χ1v) is 5.80. The highest BCUT2D eigenvalue weighted by Crippen LogP contribution is 2.25. The van der Waals surface area contributed by atoms with E-state index in [2.05, 4.69) is 4.98 Å². The molecule has 0 aliphatic heterocycles. The molecule has 0 radical (unpaired) electrons. The lowest BCUT2D eigenvalue weighted by Gasteiger charge is -2.03. The quantitative estimate of drug-likeness (QED) is 0.735. The van der Waals surface area contributed by atoms with Gasteiger partial charge in [-0.3, -0.25) is 0 Å². The van der Waals surface area contributed by atoms with E-state index in [1.807, 2.05) is 48.5 Å². The third kappa shape index (κ3) is 2.02. The molecule has 0 unspecified atom stereocenters. The number of ether oxygens (including phenoxy) is 1. The summed E-state index contributed by atoms with van der Waals surface area (Å²) in [6.45, 7) is 0.456. The molecule has 2 N–H and O–H groups in total. The fraction of sp³-hybridized carbons (Fsp3) is 0.0667. The fourth-order valence-electron chi connectivity index (χ4n) is 1.95. The average molecular weight is 239 g/mol. The zero-order valence-corrected chi connectivity index (χ0v) is 9.76. The third-order valence-corrected chi connectivity index (χ3v) is 2.83. The van der Waals surface area contributed by atoms with Crippen LogP contribution in [0.2, 0.25) is 0 Å². The molecule has 0 aliphatic carbocycles. The van der Waals surface area contributed by atoms with Gasteiger partial charge in [0.05, 0.1) is 5.69 Å². The first kappa shape index (κ1) is 10.7. The third-order valence-electron chi connectivity index (χ3n) is 2.83. The number of fused-ring (bicyclic) bond motifs is 1. The van der Waals surface area contributed by atoms with Crippen LogP contribution in [0.4, 0.5) is 0 Å². The van der Waals surface area contributed by atoms with Gasteiger partial charge in [0.1, 0.15) is 18.1 Å². The van der Waals surface area contributed by atoms with E-state index in [9.17, 15) is 5.11 Å². The van der Waals surface area contributed by atoms with Crippen LogP contribution in [0, 0.1) is 0 Å². The smallest absolute Gasteiger partial charge is 0.128 e. The van der Waals surface area contributed by atoms with E-state index in [0.717, 1.165) is 22.3 Å². The van der Waals surface area contributed by atoms with Gasteiger partial charge in [0, 0.05) is 10.9 Å². The highest BCUT2D eigenvalue weighted by Gasteiger charge is 2.04. The molecule has 18 heavy (non-hydrogen) atoms. The Balaban J connectivity index is 1.81. The molecular weight excluding hydrogens is 226 g/mol. The Kier molecular flexibility index (Phi) is 2.65. The number of phenolic OH excluding ortho intramolecular Hbond substituents is 1. The Bertz CT molecular complexity index is 659. The van der Waals surface area contributed by atoms with Gasteiger partial charge < -0.3 is 14.8 Å². The minimum absolute atomic E-state index is 0.287. The van der Waals surface area contributed by atoms with Gasteiger partial charge in [0.15, 0.2) is 0 Å². The number of phenols is 1. The monoisotopic (exact) mass is 239 g/mol. The van der Waals surface area contributed by atoms with Gasteiger partial charge in [-0.25, -0.2) is 0 Å². The average Bonchev–Trinajstić information content (AvgIpc) is 2.82. The molecule has 3 heteroatoms. The van der Waals surface area contributed by atoms with E-state index >= 15 is 0 Å². The summed E-state index contributed by atoms with van der Waals surface area (Å²) >= 11 is 0. The molecule has 3 rings (SSSR count). The van der Waals surface area contributed by atoms with E-state index in [1.54, 1.807) is 6.07 Å². The van der Waals surface area contributed by atoms with E-state index in [4.69, 9.17) is 4.74 Å². The number of H-pyrrole nitrogens is 1. The maximum Gasteiger partial charge on any atom is 0.128 e. The highest BCUT2D eigenvalue weighted by atomic mass is 16.5. The number of aromatic amines is 1. The second-order valence-electron chi connectivity index (χ2n) is 4.13. The summed E-state index contributed by atoms with van der Waals surface area (Å²) in [4.78, 5) is 3.22. The zero-order chi connectivity index (χ0) is 12.4. The van der Waals surface area contributed by atoms with Crippen molar-refractivity contribution in [3.8, 4) is 11.5 Å². The minimum Gasteiger partial charge on any atom is -0.507 e. The zero-order valence-electron chi connectivity index (χ0n) is 9.76. The minimum atomic E-state index is 0.287. The van der Waals surface area contributed by atoms with Crippen molar-refractivity contribution in [3.05, 3.63) is 60.3 Å². The van der Waals surface area contributed by atoms with E-state index in [-0.39, 0.29) is 5.75 Å². The van der Waals surface area contributed by atoms with Gasteiger partial charge in [-0.15, -0.1) is 0 Å². The molecule has 0 bridgehead atoms. The predicted molar refractivity (Wildman–Crippen MR) is 70.7 cm³/mol. The summed E-state index contributed by atoms with van der Waals surface area (Å²) in [6.07, 6.45) is 0. The maximum atomic E-state index is 9.71. The Labute approximate surface area is 105 Å². The molecule has 1 aromatic heterocycles. The molecule has 3 nitrogen and oxygen atoms in total. The van der Waals surface area contributed by atoms with Crippen LogP contribution >= 0.6 is 0 Å². The van der Waals surface area contributed by atoms with E-state index < -0.39 is 0 Å². The molecule has 3 aromatic rings. The lowest BCUT2D eigenvalue weighted by Crippen LogP contribution is -1.94. The molecule has 0 aliphatic rings. The second kappa shape index (κ2) is 4.45. The molecule has 0 amide bonds. The summed E-state index contributed by atoms with van der Waals surface area (Å²) in [5.41, 5.74) is 1.86. The number of para-hydroxylation sites is 1. The molecule has 0 saturated heterocycles. The molecule has 0 atom stereocenters. The first-order chi connectivity index (χ1) is 8.83. The largest absolute Gasteiger partial charge is 0.507 e. The second-order valence-corrected chi connectivity index (χ2v) is 4.13. The molecule has 0 spiro atoms. The fourth-order valence-corrected chi connectivity index (χ4v) is 1.95. The standard InChI is InChI=1S/C15H13NO2/c17-15-8-4-7-14-13(15)9-11(16-14)10-18-12-5-2-1-3-6-12/h1-9,16-17H,10H2. The van der Waals surface area contributed by atoms with Crippen LogP contribution in [-0.2, 0) is 6.61 Å². The Morgan fingerprint density at radius 3 is 2.61 bits per heavy atom. The summed E-state index contributed by atoms with van der Waals surface area (Å²) in [6, 6.07) is 17.0. The Morgan fingerprint density at radius 2 is 1.83 bits per heavy atom. The molecule has 1 heterocycles. The molecule has 90 valence electrons. The maximum absolute atomic E-state index is 9.71. The lowest BCUT2D eigenvalue weighted by atomic mass is 10.2. The normalized spacial score (nSPS) is 10.7. The van der Waals surface area contributed by atoms with E-state index in [1.165, 1.54) is 0 Å². The van der Waals surface area contributed by atoms with Gasteiger partial charge in [0.25, 0.3) is 0 Å². The van der Waals surface area contributed by atoms with Crippen molar-refractivity contribution >= 4 is 10.9 Å². The van der Waals surface area contributed by atoms with Crippen LogP contribution in [-0.4, -0.2) is 10.1 Å². The van der Waals surface area contributed by atoms with Gasteiger partial charge >= 0.3 is 0 Å². The van der Waals surface area contributed by atoms with Gasteiger partial charge in [-0.1, -0.05) is 24.3 Å². The predicted octanol–water partition coefficient (Wildman–Crippen LogP) is 3.45. The Hall–Kier alpha value is -2.42. The summed E-state index contributed by atoms with van der Waals surface area (Å²) in [5.74, 6) is 1.12. The van der Waals surface area contributed by atoms with Crippen molar-refractivity contribution < 1.29 is 9.84 Å². The van der Waals surface area contributed by atoms with Crippen molar-refractivity contribution in [2.75, 3.05) is 0 Å². The topological polar surface area (TPSA) is 45.2 Å². The van der Waals surface area contributed by atoms with Crippen LogP contribution in [0.3, 0.4) is 0 Å². The van der Waals surface area contributed by atoms with Crippen molar-refractivity contribution in [2.45, 2.75) is 6.61 Å². The van der Waals surface area contributed by atoms with Crippen LogP contribution < -0.4 is 4.74 Å². The summed E-state index contributed by atoms with van der Waals surface area (Å²) in [5, 5.41) is 10.5. The van der Waals surface area contributed by atoms with Gasteiger partial charge in [-0.2, -0.15) is 0 Å². The number of hydrogen-bond acceptors (Lipinski definition) is 2. The number of benzene rings is 2. The molecule has 2 aromatic carbocycles. The van der Waals surface area contributed by atoms with Crippen molar-refractivity contribution in [1.82, 2.24) is 4.98 Å². The molecule has 0 saturated carbocycles. The number of aromatic hydroxyl groups is 1. The van der Waals surface area contributed by atoms with Gasteiger partial charge in [0.2, 0.25) is 0 Å². The van der Waals surface area contributed by atoms with Crippen LogP contribution in [0.15, 0.2) is 54.6 Å². The van der Waals surface area contributed by atoms with Crippen LogP contribution in [0.5, 0.6) is 11.5 Å². The Morgan fingerprint density at radius 1 is 1.00 bits per heavy atom. The summed E-state index contributed by atoms with van der Waals surface area (Å²) in [7, 11) is 0. The number of rotatable bonds is 3. The first-order valence-electron chi connectivity index (χ1n) is 5.80. The summed E-state index contributed by atoms with van der Waals surface area (Å²) < 4.78 is 5.65. The highest BCUT2D eigenvalue weighted by molar-refractivity contribution is 5.86. The SMILES string of the molecule is Oc1cccc2[nH]c(COc3ccccc3)cc12. The van der Waals surface area contributed by atoms with Crippen LogP contribution in [0.25, 0.3) is 10.9 Å². The molecular formula is C15H13NO2. The molecule has 0 fully saturated rings. The van der Waals surface area contributed by atoms with Crippen molar-refractivity contribution in [1.29, 1.82) is 0 Å². The van der Waals surface area contributed by atoms with Gasteiger partial charge in [-0.05, 0) is 30.3 Å². The van der Waals surface area contributed by atoms with Crippen molar-refractivity contribution in [3.63, 3.8) is 0 Å². The lowest BCUT2D eigenvalue weighted by molar-refractivity contribution is 0.302.